The highest BCUT2D eigenvalue weighted by Crippen LogP contribution is 2.19. The zero-order chi connectivity index (χ0) is 13.4. The van der Waals surface area contributed by atoms with Crippen LogP contribution in [0.25, 0.3) is 0 Å². The maximum Gasteiger partial charge on any atom is 0.119 e. The lowest BCUT2D eigenvalue weighted by Crippen LogP contribution is -2.19. The molecular formula is C15H25NO2. The molecule has 0 fully saturated rings. The summed E-state index contributed by atoms with van der Waals surface area (Å²) < 4.78 is 5.62. The average molecular weight is 251 g/mol. The van der Waals surface area contributed by atoms with Gasteiger partial charge >= 0.3 is 0 Å². The van der Waals surface area contributed by atoms with E-state index in [-0.39, 0.29) is 6.10 Å². The fourth-order valence-electron chi connectivity index (χ4n) is 1.70. The second-order valence-corrected chi connectivity index (χ2v) is 4.73. The van der Waals surface area contributed by atoms with Gasteiger partial charge < -0.3 is 15.2 Å². The molecule has 18 heavy (non-hydrogen) atoms. The summed E-state index contributed by atoms with van der Waals surface area (Å²) in [6.45, 7) is 7.67. The first-order chi connectivity index (χ1) is 8.63. The van der Waals surface area contributed by atoms with Crippen LogP contribution in [-0.4, -0.2) is 24.4 Å². The Hall–Kier alpha value is -1.06. The zero-order valence-electron chi connectivity index (χ0n) is 11.6. The van der Waals surface area contributed by atoms with Crippen LogP contribution in [0.15, 0.2) is 24.3 Å². The summed E-state index contributed by atoms with van der Waals surface area (Å²) >= 11 is 0. The summed E-state index contributed by atoms with van der Waals surface area (Å²) in [7, 11) is 0. The number of hydrogen-bond donors (Lipinski definition) is 2. The smallest absolute Gasteiger partial charge is 0.119 e. The predicted octanol–water partition coefficient (Wildman–Crippen LogP) is 2.90. The molecule has 0 aliphatic heterocycles. The Balaban J connectivity index is 2.50. The molecule has 0 heterocycles. The molecular weight excluding hydrogens is 226 g/mol. The van der Waals surface area contributed by atoms with Crippen molar-refractivity contribution in [1.82, 2.24) is 5.32 Å². The van der Waals surface area contributed by atoms with Crippen molar-refractivity contribution in [2.75, 3.05) is 13.2 Å². The van der Waals surface area contributed by atoms with Crippen molar-refractivity contribution in [3.8, 4) is 5.75 Å². The second-order valence-electron chi connectivity index (χ2n) is 4.73. The molecule has 0 saturated carbocycles. The quantitative estimate of drug-likeness (QED) is 0.746. The Kier molecular flexibility index (Phi) is 6.76. The van der Waals surface area contributed by atoms with Gasteiger partial charge in [-0.1, -0.05) is 19.1 Å². The topological polar surface area (TPSA) is 41.5 Å². The third-order valence-electron chi connectivity index (χ3n) is 2.86. The van der Waals surface area contributed by atoms with Gasteiger partial charge in [0.25, 0.3) is 0 Å². The van der Waals surface area contributed by atoms with Gasteiger partial charge in [-0.05, 0) is 44.5 Å². The van der Waals surface area contributed by atoms with Gasteiger partial charge in [0.2, 0.25) is 0 Å². The molecule has 0 radical (unpaired) electrons. The summed E-state index contributed by atoms with van der Waals surface area (Å²) in [5, 5.41) is 12.6. The Morgan fingerprint density at radius 2 is 2.11 bits per heavy atom. The molecule has 1 aromatic rings. The summed E-state index contributed by atoms with van der Waals surface area (Å²) in [6.07, 6.45) is 1.49. The maximum absolute atomic E-state index is 9.18. The van der Waals surface area contributed by atoms with Gasteiger partial charge in [0.15, 0.2) is 0 Å². The number of benzene rings is 1. The van der Waals surface area contributed by atoms with E-state index in [1.165, 1.54) is 5.56 Å². The van der Waals surface area contributed by atoms with Gasteiger partial charge in [-0.15, -0.1) is 0 Å². The van der Waals surface area contributed by atoms with Crippen LogP contribution in [0, 0.1) is 0 Å². The Morgan fingerprint density at radius 3 is 2.78 bits per heavy atom. The first-order valence-corrected chi connectivity index (χ1v) is 6.77. The molecule has 2 unspecified atom stereocenters. The van der Waals surface area contributed by atoms with Gasteiger partial charge in [0.05, 0.1) is 12.7 Å². The molecule has 0 saturated heterocycles. The lowest BCUT2D eigenvalue weighted by molar-refractivity contribution is 0.155. The number of rotatable bonds is 8. The SMILES string of the molecule is CCCNC(C)c1cccc(OCCC(C)O)c1. The normalized spacial score (nSPS) is 14.2. The largest absolute Gasteiger partial charge is 0.493 e. The van der Waals surface area contributed by atoms with Crippen LogP contribution < -0.4 is 10.1 Å². The summed E-state index contributed by atoms with van der Waals surface area (Å²) in [6, 6.07) is 8.48. The van der Waals surface area contributed by atoms with Crippen LogP contribution >= 0.6 is 0 Å². The van der Waals surface area contributed by atoms with E-state index in [1.54, 1.807) is 6.92 Å². The van der Waals surface area contributed by atoms with Crippen molar-refractivity contribution in [3.05, 3.63) is 29.8 Å². The fourth-order valence-corrected chi connectivity index (χ4v) is 1.70. The molecule has 0 spiro atoms. The molecule has 0 amide bonds. The summed E-state index contributed by atoms with van der Waals surface area (Å²) in [4.78, 5) is 0. The maximum atomic E-state index is 9.18. The number of aliphatic hydroxyl groups is 1. The van der Waals surface area contributed by atoms with E-state index in [0.29, 0.717) is 19.1 Å². The van der Waals surface area contributed by atoms with Gasteiger partial charge in [0, 0.05) is 12.5 Å². The average Bonchev–Trinajstić information content (AvgIpc) is 2.36. The third-order valence-corrected chi connectivity index (χ3v) is 2.86. The first kappa shape index (κ1) is 15.0. The molecule has 0 aromatic heterocycles. The van der Waals surface area contributed by atoms with E-state index in [2.05, 4.69) is 31.3 Å². The molecule has 0 aliphatic carbocycles. The van der Waals surface area contributed by atoms with Crippen LogP contribution in [0.2, 0.25) is 0 Å². The number of aliphatic hydroxyl groups excluding tert-OH is 1. The minimum absolute atomic E-state index is 0.307. The summed E-state index contributed by atoms with van der Waals surface area (Å²) in [5.41, 5.74) is 1.23. The third kappa shape index (κ3) is 5.52. The molecule has 1 rings (SSSR count). The Labute approximate surface area is 110 Å². The molecule has 3 nitrogen and oxygen atoms in total. The molecule has 2 atom stereocenters. The van der Waals surface area contributed by atoms with E-state index in [0.717, 1.165) is 18.7 Å². The molecule has 1 aromatic carbocycles. The predicted molar refractivity (Wildman–Crippen MR) is 74.9 cm³/mol. The van der Waals surface area contributed by atoms with Crippen LogP contribution in [-0.2, 0) is 0 Å². The second kappa shape index (κ2) is 8.11. The minimum Gasteiger partial charge on any atom is -0.493 e. The highest BCUT2D eigenvalue weighted by molar-refractivity contribution is 5.30. The van der Waals surface area contributed by atoms with Crippen molar-refractivity contribution in [2.24, 2.45) is 0 Å². The monoisotopic (exact) mass is 251 g/mol. The summed E-state index contributed by atoms with van der Waals surface area (Å²) in [5.74, 6) is 0.873. The zero-order valence-corrected chi connectivity index (χ0v) is 11.6. The molecule has 0 bridgehead atoms. The Bertz CT molecular complexity index is 339. The van der Waals surface area contributed by atoms with Gasteiger partial charge in [-0.2, -0.15) is 0 Å². The number of ether oxygens (including phenoxy) is 1. The molecule has 102 valence electrons. The van der Waals surface area contributed by atoms with E-state index >= 15 is 0 Å². The molecule has 3 heteroatoms. The number of hydrogen-bond acceptors (Lipinski definition) is 3. The lowest BCUT2D eigenvalue weighted by Gasteiger charge is -2.15. The fraction of sp³-hybridized carbons (Fsp3) is 0.600. The van der Waals surface area contributed by atoms with Gasteiger partial charge in [-0.3, -0.25) is 0 Å². The van der Waals surface area contributed by atoms with Crippen LogP contribution in [0.3, 0.4) is 0 Å². The highest BCUT2D eigenvalue weighted by atomic mass is 16.5. The van der Waals surface area contributed by atoms with Gasteiger partial charge in [-0.25, -0.2) is 0 Å². The number of nitrogens with one attached hydrogen (secondary N) is 1. The van der Waals surface area contributed by atoms with Crippen LogP contribution in [0.1, 0.15) is 45.2 Å². The Morgan fingerprint density at radius 1 is 1.33 bits per heavy atom. The van der Waals surface area contributed by atoms with E-state index in [4.69, 9.17) is 4.74 Å². The minimum atomic E-state index is -0.307. The van der Waals surface area contributed by atoms with Crippen molar-refractivity contribution >= 4 is 0 Å². The van der Waals surface area contributed by atoms with Crippen molar-refractivity contribution in [1.29, 1.82) is 0 Å². The molecule has 2 N–H and O–H groups in total. The van der Waals surface area contributed by atoms with Crippen LogP contribution in [0.4, 0.5) is 0 Å². The highest BCUT2D eigenvalue weighted by Gasteiger charge is 2.05. The van der Waals surface area contributed by atoms with Crippen LogP contribution in [0.5, 0.6) is 5.75 Å². The van der Waals surface area contributed by atoms with Crippen molar-refractivity contribution in [3.63, 3.8) is 0 Å². The van der Waals surface area contributed by atoms with Gasteiger partial charge in [0.1, 0.15) is 5.75 Å². The van der Waals surface area contributed by atoms with E-state index in [1.807, 2.05) is 12.1 Å². The molecule has 0 aliphatic rings. The standard InChI is InChI=1S/C15H25NO2/c1-4-9-16-13(3)14-6-5-7-15(11-14)18-10-8-12(2)17/h5-7,11-13,16-17H,4,8-10H2,1-3H3. The van der Waals surface area contributed by atoms with E-state index < -0.39 is 0 Å². The first-order valence-electron chi connectivity index (χ1n) is 6.77. The lowest BCUT2D eigenvalue weighted by atomic mass is 10.1. The van der Waals surface area contributed by atoms with Crippen molar-refractivity contribution in [2.45, 2.75) is 45.8 Å². The van der Waals surface area contributed by atoms with Crippen molar-refractivity contribution < 1.29 is 9.84 Å². The van der Waals surface area contributed by atoms with E-state index in [9.17, 15) is 5.11 Å².